The van der Waals surface area contributed by atoms with Crippen LogP contribution in [0.4, 0.5) is 10.6 Å². The van der Waals surface area contributed by atoms with Crippen molar-refractivity contribution in [2.24, 2.45) is 0 Å². The molecule has 0 spiro atoms. The lowest BCUT2D eigenvalue weighted by molar-refractivity contribution is 0.121. The molecule has 29 heavy (non-hydrogen) atoms. The van der Waals surface area contributed by atoms with E-state index < -0.39 is 0 Å². The largest absolute Gasteiger partial charge is 0.474 e. The fourth-order valence-corrected chi connectivity index (χ4v) is 3.98. The van der Waals surface area contributed by atoms with Crippen LogP contribution in [0.5, 0.6) is 5.88 Å². The van der Waals surface area contributed by atoms with Gasteiger partial charge in [0, 0.05) is 38.6 Å². The Morgan fingerprint density at radius 3 is 2.62 bits per heavy atom. The van der Waals surface area contributed by atoms with Gasteiger partial charge in [0.15, 0.2) is 0 Å². The van der Waals surface area contributed by atoms with E-state index in [1.165, 1.54) is 0 Å². The molecule has 1 aliphatic heterocycles. The van der Waals surface area contributed by atoms with Crippen LogP contribution in [0, 0.1) is 0 Å². The van der Waals surface area contributed by atoms with E-state index in [1.54, 1.807) is 19.0 Å². The Hall–Kier alpha value is -2.54. The van der Waals surface area contributed by atoms with Crippen LogP contribution in [0.3, 0.4) is 0 Å². The predicted molar refractivity (Wildman–Crippen MR) is 114 cm³/mol. The Labute approximate surface area is 172 Å². The third-order valence-electron chi connectivity index (χ3n) is 5.71. The summed E-state index contributed by atoms with van der Waals surface area (Å²) < 4.78 is 11.9. The van der Waals surface area contributed by atoms with Gasteiger partial charge in [-0.2, -0.15) is 4.98 Å². The molecular weight excluding hydrogens is 368 g/mol. The van der Waals surface area contributed by atoms with Gasteiger partial charge in [0.05, 0.1) is 13.2 Å². The van der Waals surface area contributed by atoms with E-state index in [2.05, 4.69) is 28.4 Å². The first-order chi connectivity index (χ1) is 14.1. The van der Waals surface area contributed by atoms with Crippen LogP contribution in [0.2, 0.25) is 0 Å². The number of nitrogens with zero attached hydrogens (tertiary/aromatic N) is 3. The standard InChI is InChI=1S/C22H30N4O3/c1-25(2)22(27)23-17-7-9-18(10-8-17)29-21-19-6-4-3-5-16(19)15-20(24-21)26-11-13-28-14-12-26/h3-6,15,17-18H,7-14H2,1-2H3,(H,23,27). The summed E-state index contributed by atoms with van der Waals surface area (Å²) in [5.74, 6) is 1.67. The maximum Gasteiger partial charge on any atom is 0.317 e. The summed E-state index contributed by atoms with van der Waals surface area (Å²) in [5, 5.41) is 5.27. The van der Waals surface area contributed by atoms with E-state index in [0.717, 1.165) is 68.6 Å². The number of nitrogens with one attached hydrogen (secondary N) is 1. The maximum absolute atomic E-state index is 11.9. The maximum atomic E-state index is 11.9. The molecule has 1 N–H and O–H groups in total. The number of fused-ring (bicyclic) bond motifs is 1. The number of pyridine rings is 1. The zero-order chi connectivity index (χ0) is 20.2. The molecule has 1 aromatic heterocycles. The van der Waals surface area contributed by atoms with Crippen molar-refractivity contribution in [2.75, 3.05) is 45.3 Å². The highest BCUT2D eigenvalue weighted by Gasteiger charge is 2.25. The number of aromatic nitrogens is 1. The highest BCUT2D eigenvalue weighted by Crippen LogP contribution is 2.31. The third-order valence-corrected chi connectivity index (χ3v) is 5.71. The van der Waals surface area contributed by atoms with Gasteiger partial charge in [0.25, 0.3) is 0 Å². The van der Waals surface area contributed by atoms with Crippen molar-refractivity contribution in [1.82, 2.24) is 15.2 Å². The molecule has 1 aromatic carbocycles. The number of rotatable bonds is 4. The van der Waals surface area contributed by atoms with Crippen molar-refractivity contribution in [2.45, 2.75) is 37.8 Å². The molecule has 1 aliphatic carbocycles. The number of hydrogen-bond donors (Lipinski definition) is 1. The fourth-order valence-electron chi connectivity index (χ4n) is 3.98. The summed E-state index contributed by atoms with van der Waals surface area (Å²) in [4.78, 5) is 20.6. The summed E-state index contributed by atoms with van der Waals surface area (Å²) in [6, 6.07) is 10.6. The number of amides is 2. The molecule has 1 saturated heterocycles. The third kappa shape index (κ3) is 4.72. The molecule has 0 unspecified atom stereocenters. The van der Waals surface area contributed by atoms with Crippen LogP contribution in [-0.4, -0.2) is 68.5 Å². The molecule has 2 fully saturated rings. The molecule has 4 rings (SSSR count). The Morgan fingerprint density at radius 2 is 1.90 bits per heavy atom. The molecule has 2 amide bonds. The SMILES string of the molecule is CN(C)C(=O)NC1CCC(Oc2nc(N3CCOCC3)cc3ccccc23)CC1. The van der Waals surface area contributed by atoms with Crippen LogP contribution in [-0.2, 0) is 4.74 Å². The smallest absolute Gasteiger partial charge is 0.317 e. The predicted octanol–water partition coefficient (Wildman–Crippen LogP) is 3.03. The van der Waals surface area contributed by atoms with Gasteiger partial charge in [-0.15, -0.1) is 0 Å². The average Bonchev–Trinajstić information content (AvgIpc) is 2.75. The highest BCUT2D eigenvalue weighted by molar-refractivity contribution is 5.89. The highest BCUT2D eigenvalue weighted by atomic mass is 16.5. The summed E-state index contributed by atoms with van der Waals surface area (Å²) in [5.41, 5.74) is 0. The number of benzene rings is 1. The topological polar surface area (TPSA) is 66.9 Å². The van der Waals surface area contributed by atoms with Crippen molar-refractivity contribution in [3.63, 3.8) is 0 Å². The summed E-state index contributed by atoms with van der Waals surface area (Å²) in [6.45, 7) is 3.16. The van der Waals surface area contributed by atoms with Crippen molar-refractivity contribution < 1.29 is 14.3 Å². The Kier molecular flexibility index (Phi) is 6.04. The number of hydrogen-bond acceptors (Lipinski definition) is 5. The van der Waals surface area contributed by atoms with Gasteiger partial charge in [-0.1, -0.05) is 18.2 Å². The van der Waals surface area contributed by atoms with Crippen LogP contribution in [0.25, 0.3) is 10.8 Å². The first-order valence-electron chi connectivity index (χ1n) is 10.5. The molecule has 156 valence electrons. The molecular formula is C22H30N4O3. The molecule has 0 atom stereocenters. The van der Waals surface area contributed by atoms with Crippen LogP contribution < -0.4 is 15.0 Å². The van der Waals surface area contributed by atoms with Crippen molar-refractivity contribution in [3.05, 3.63) is 30.3 Å². The lowest BCUT2D eigenvalue weighted by Crippen LogP contribution is -2.44. The Morgan fingerprint density at radius 1 is 1.17 bits per heavy atom. The van der Waals surface area contributed by atoms with Crippen LogP contribution >= 0.6 is 0 Å². The van der Waals surface area contributed by atoms with E-state index >= 15 is 0 Å². The quantitative estimate of drug-likeness (QED) is 0.858. The second kappa shape index (κ2) is 8.86. The first-order valence-corrected chi connectivity index (χ1v) is 10.5. The van der Waals surface area contributed by atoms with Crippen molar-refractivity contribution in [3.8, 4) is 5.88 Å². The van der Waals surface area contributed by atoms with Gasteiger partial charge >= 0.3 is 6.03 Å². The Balaban J connectivity index is 1.47. The number of carbonyl (C=O) groups is 1. The van der Waals surface area contributed by atoms with Crippen LogP contribution in [0.15, 0.2) is 30.3 Å². The van der Waals surface area contributed by atoms with Gasteiger partial charge in [0.2, 0.25) is 5.88 Å². The second-order valence-electron chi connectivity index (χ2n) is 8.04. The van der Waals surface area contributed by atoms with Crippen molar-refractivity contribution >= 4 is 22.6 Å². The molecule has 7 heteroatoms. The lowest BCUT2D eigenvalue weighted by Gasteiger charge is -2.31. The first kappa shape index (κ1) is 19.8. The van der Waals surface area contributed by atoms with Gasteiger partial charge in [0.1, 0.15) is 11.9 Å². The Bertz CT molecular complexity index is 843. The van der Waals surface area contributed by atoms with Gasteiger partial charge in [-0.3, -0.25) is 0 Å². The molecule has 1 saturated carbocycles. The minimum absolute atomic E-state index is 0.0276. The normalized spacial score (nSPS) is 22.3. The minimum Gasteiger partial charge on any atom is -0.474 e. The molecule has 2 aliphatic rings. The monoisotopic (exact) mass is 398 g/mol. The lowest BCUT2D eigenvalue weighted by atomic mass is 9.93. The second-order valence-corrected chi connectivity index (χ2v) is 8.04. The number of anilines is 1. The molecule has 0 radical (unpaired) electrons. The van der Waals surface area contributed by atoms with E-state index in [-0.39, 0.29) is 18.2 Å². The minimum atomic E-state index is -0.0276. The zero-order valence-electron chi connectivity index (χ0n) is 17.3. The average molecular weight is 399 g/mol. The summed E-state index contributed by atoms with van der Waals surface area (Å²) in [6.07, 6.45) is 3.79. The molecule has 2 heterocycles. The molecule has 2 aromatic rings. The van der Waals surface area contributed by atoms with Crippen molar-refractivity contribution in [1.29, 1.82) is 0 Å². The number of carbonyl (C=O) groups excluding carboxylic acids is 1. The number of ether oxygens (including phenoxy) is 2. The van der Waals surface area contributed by atoms with E-state index in [1.807, 2.05) is 12.1 Å². The van der Waals surface area contributed by atoms with Gasteiger partial charge in [-0.25, -0.2) is 4.79 Å². The van der Waals surface area contributed by atoms with Gasteiger partial charge < -0.3 is 24.6 Å². The fraction of sp³-hybridized carbons (Fsp3) is 0.545. The van der Waals surface area contributed by atoms with Gasteiger partial charge in [-0.05, 0) is 43.2 Å². The zero-order valence-corrected chi connectivity index (χ0v) is 17.3. The summed E-state index contributed by atoms with van der Waals surface area (Å²) in [7, 11) is 3.53. The van der Waals surface area contributed by atoms with E-state index in [0.29, 0.717) is 5.88 Å². The number of urea groups is 1. The molecule has 7 nitrogen and oxygen atoms in total. The van der Waals surface area contributed by atoms with E-state index in [9.17, 15) is 4.79 Å². The number of morpholine rings is 1. The summed E-state index contributed by atoms with van der Waals surface area (Å²) >= 11 is 0. The molecule has 0 bridgehead atoms. The van der Waals surface area contributed by atoms with Crippen LogP contribution in [0.1, 0.15) is 25.7 Å². The van der Waals surface area contributed by atoms with E-state index in [4.69, 9.17) is 14.5 Å².